The molecule has 0 fully saturated rings. The molecule has 0 saturated heterocycles. The highest BCUT2D eigenvalue weighted by Gasteiger charge is 2.34. The number of ether oxygens (including phenoxy) is 2. The van der Waals surface area contributed by atoms with Crippen LogP contribution in [0.5, 0.6) is 11.5 Å². The number of anilines is 1. The fraction of sp³-hybridized carbons (Fsp3) is 0.136. The monoisotopic (exact) mass is 479 g/mol. The molecule has 11 heteroatoms. The summed E-state index contributed by atoms with van der Waals surface area (Å²) in [6.45, 7) is 0.290. The van der Waals surface area contributed by atoms with E-state index >= 15 is 0 Å². The van der Waals surface area contributed by atoms with E-state index in [-0.39, 0.29) is 18.1 Å². The van der Waals surface area contributed by atoms with Gasteiger partial charge in [-0.2, -0.15) is 0 Å². The van der Waals surface area contributed by atoms with Crippen molar-refractivity contribution in [3.8, 4) is 11.5 Å². The maximum Gasteiger partial charge on any atom is 0.573 e. The molecule has 0 aliphatic rings. The number of hydrogen-bond donors (Lipinski definition) is 3. The van der Waals surface area contributed by atoms with Gasteiger partial charge >= 0.3 is 6.36 Å². The molecule has 174 valence electrons. The molecule has 0 bridgehead atoms. The van der Waals surface area contributed by atoms with Gasteiger partial charge in [0.2, 0.25) is 0 Å². The van der Waals surface area contributed by atoms with Crippen LogP contribution in [0.2, 0.25) is 0 Å². The summed E-state index contributed by atoms with van der Waals surface area (Å²) in [4.78, 5) is -0.650. The van der Waals surface area contributed by atoms with E-state index in [9.17, 15) is 21.6 Å². The predicted molar refractivity (Wildman–Crippen MR) is 117 cm³/mol. The molecule has 7 nitrogen and oxygen atoms in total. The summed E-state index contributed by atoms with van der Waals surface area (Å²) in [5.41, 5.74) is 7.10. The third-order valence-corrected chi connectivity index (χ3v) is 5.80. The van der Waals surface area contributed by atoms with Crippen LogP contribution in [0.25, 0.3) is 0 Å². The summed E-state index contributed by atoms with van der Waals surface area (Å²) in [6.07, 6.45) is -4.48. The number of alkyl halides is 3. The summed E-state index contributed by atoms with van der Waals surface area (Å²) in [5.74, 6) is -0.485. The Hall–Kier alpha value is -3.73. The fourth-order valence-electron chi connectivity index (χ4n) is 2.88. The van der Waals surface area contributed by atoms with Crippen LogP contribution < -0.4 is 19.9 Å². The normalized spacial score (nSPS) is 11.6. The highest BCUT2D eigenvalue weighted by Crippen LogP contribution is 2.31. The molecule has 0 aromatic heterocycles. The molecular weight excluding hydrogens is 459 g/mol. The van der Waals surface area contributed by atoms with Gasteiger partial charge in [-0.25, -0.2) is 8.42 Å². The highest BCUT2D eigenvalue weighted by molar-refractivity contribution is 7.92. The molecule has 0 atom stereocenters. The van der Waals surface area contributed by atoms with Crippen molar-refractivity contribution in [2.45, 2.75) is 17.7 Å². The first kappa shape index (κ1) is 23.9. The largest absolute Gasteiger partial charge is 0.573 e. The van der Waals surface area contributed by atoms with Crippen molar-refractivity contribution in [1.82, 2.24) is 0 Å². The first-order chi connectivity index (χ1) is 15.5. The fourth-order valence-corrected chi connectivity index (χ4v) is 4.06. The Kier molecular flexibility index (Phi) is 7.12. The quantitative estimate of drug-likeness (QED) is 0.313. The number of nitrogens with two attached hydrogens (primary N) is 1. The highest BCUT2D eigenvalue weighted by atomic mass is 32.2. The standard InChI is InChI=1S/C22H20F3N3O4S/c23-22(24,25)32-19-6-1-2-7-20(19)33(29,30)28-17-4-3-5-18(14-17)31-13-12-15-8-10-16(11-9-15)21(26)27/h1-11,14,28H,12-13H2,(H3,26,27). The minimum Gasteiger partial charge on any atom is -0.493 e. The van der Waals surface area contributed by atoms with Crippen molar-refractivity contribution in [3.63, 3.8) is 0 Å². The van der Waals surface area contributed by atoms with E-state index in [0.29, 0.717) is 17.7 Å². The van der Waals surface area contributed by atoms with Crippen LogP contribution in [-0.2, 0) is 16.4 Å². The second-order valence-electron chi connectivity index (χ2n) is 6.84. The molecule has 0 unspecified atom stereocenters. The van der Waals surface area contributed by atoms with Gasteiger partial charge in [0, 0.05) is 18.1 Å². The first-order valence-electron chi connectivity index (χ1n) is 9.57. The topological polar surface area (TPSA) is 115 Å². The molecule has 0 radical (unpaired) electrons. The van der Waals surface area contributed by atoms with E-state index in [0.717, 1.165) is 17.7 Å². The van der Waals surface area contributed by atoms with Gasteiger partial charge in [-0.3, -0.25) is 10.1 Å². The van der Waals surface area contributed by atoms with Crippen molar-refractivity contribution in [1.29, 1.82) is 5.41 Å². The Balaban J connectivity index is 1.67. The molecule has 0 heterocycles. The van der Waals surface area contributed by atoms with Gasteiger partial charge < -0.3 is 15.2 Å². The van der Waals surface area contributed by atoms with Crippen molar-refractivity contribution in [2.24, 2.45) is 5.73 Å². The smallest absolute Gasteiger partial charge is 0.493 e. The number of benzene rings is 3. The van der Waals surface area contributed by atoms with E-state index in [1.165, 1.54) is 24.3 Å². The van der Waals surface area contributed by atoms with E-state index in [1.54, 1.807) is 24.3 Å². The summed E-state index contributed by atoms with van der Waals surface area (Å²) in [5, 5.41) is 7.39. The molecular formula is C22H20F3N3O4S. The Morgan fingerprint density at radius 2 is 1.70 bits per heavy atom. The number of hydrogen-bond acceptors (Lipinski definition) is 5. The molecule has 33 heavy (non-hydrogen) atoms. The van der Waals surface area contributed by atoms with Gasteiger partial charge in [-0.05, 0) is 29.8 Å². The van der Waals surface area contributed by atoms with Crippen molar-refractivity contribution in [2.75, 3.05) is 11.3 Å². The number of sulfonamides is 1. The van der Waals surface area contributed by atoms with Crippen LogP contribution in [0.3, 0.4) is 0 Å². The van der Waals surface area contributed by atoms with Crippen LogP contribution in [0.15, 0.2) is 77.7 Å². The van der Waals surface area contributed by atoms with Crippen LogP contribution >= 0.6 is 0 Å². The van der Waals surface area contributed by atoms with Crippen LogP contribution in [0, 0.1) is 5.41 Å². The average molecular weight is 479 g/mol. The number of nitrogen functional groups attached to an aromatic ring is 1. The van der Waals surface area contributed by atoms with E-state index in [4.69, 9.17) is 15.9 Å². The lowest BCUT2D eigenvalue weighted by Gasteiger charge is -2.15. The van der Waals surface area contributed by atoms with E-state index in [1.807, 2.05) is 12.1 Å². The second-order valence-corrected chi connectivity index (χ2v) is 8.49. The lowest BCUT2D eigenvalue weighted by molar-refractivity contribution is -0.275. The van der Waals surface area contributed by atoms with Gasteiger partial charge in [0.15, 0.2) is 0 Å². The van der Waals surface area contributed by atoms with E-state index < -0.39 is 27.0 Å². The summed E-state index contributed by atoms with van der Waals surface area (Å²) in [7, 11) is -4.37. The van der Waals surface area contributed by atoms with Crippen molar-refractivity contribution in [3.05, 3.63) is 83.9 Å². The SMILES string of the molecule is N=C(N)c1ccc(CCOc2cccc(NS(=O)(=O)c3ccccc3OC(F)(F)F)c2)cc1. The maximum atomic E-state index is 12.7. The van der Waals surface area contributed by atoms with Gasteiger partial charge in [0.25, 0.3) is 10.0 Å². The lowest BCUT2D eigenvalue weighted by atomic mass is 10.1. The molecule has 0 amide bonds. The zero-order valence-electron chi connectivity index (χ0n) is 17.1. The average Bonchev–Trinajstić information content (AvgIpc) is 2.73. The van der Waals surface area contributed by atoms with Gasteiger partial charge in [0.05, 0.1) is 12.3 Å². The van der Waals surface area contributed by atoms with Crippen molar-refractivity contribution >= 4 is 21.5 Å². The number of amidine groups is 1. The Morgan fingerprint density at radius 3 is 2.36 bits per heavy atom. The molecule has 3 rings (SSSR count). The molecule has 0 aliphatic carbocycles. The first-order valence-corrected chi connectivity index (χ1v) is 11.1. The van der Waals surface area contributed by atoms with Gasteiger partial charge in [0.1, 0.15) is 22.2 Å². The minimum absolute atomic E-state index is 0.0235. The summed E-state index contributed by atoms with van der Waals surface area (Å²) >= 11 is 0. The second kappa shape index (κ2) is 9.82. The predicted octanol–water partition coefficient (Wildman–Crippen LogP) is 4.29. The zero-order chi connectivity index (χ0) is 24.1. The van der Waals surface area contributed by atoms with Crippen LogP contribution in [0.1, 0.15) is 11.1 Å². The maximum absolute atomic E-state index is 12.7. The molecule has 0 aliphatic heterocycles. The molecule has 0 saturated carbocycles. The van der Waals surface area contributed by atoms with Gasteiger partial charge in [-0.1, -0.05) is 42.5 Å². The molecule has 3 aromatic carbocycles. The minimum atomic E-state index is -5.04. The third-order valence-electron chi connectivity index (χ3n) is 4.38. The zero-order valence-corrected chi connectivity index (χ0v) is 17.9. The number of halogens is 3. The Bertz CT molecular complexity index is 1230. The van der Waals surface area contributed by atoms with Gasteiger partial charge in [-0.15, -0.1) is 13.2 Å². The lowest BCUT2D eigenvalue weighted by Crippen LogP contribution is -2.20. The molecule has 3 aromatic rings. The Morgan fingerprint density at radius 1 is 1.00 bits per heavy atom. The molecule has 4 N–H and O–H groups in total. The van der Waals surface area contributed by atoms with E-state index in [2.05, 4.69) is 9.46 Å². The number of para-hydroxylation sites is 1. The van der Waals surface area contributed by atoms with Crippen LogP contribution in [0.4, 0.5) is 18.9 Å². The molecule has 0 spiro atoms. The summed E-state index contributed by atoms with van der Waals surface area (Å²) < 4.78 is 74.9. The van der Waals surface area contributed by atoms with Crippen molar-refractivity contribution < 1.29 is 31.1 Å². The van der Waals surface area contributed by atoms with Crippen LogP contribution in [-0.4, -0.2) is 27.2 Å². The number of rotatable bonds is 9. The summed E-state index contributed by atoms with van der Waals surface area (Å²) in [6, 6.07) is 17.6. The Labute approximate surface area is 188 Å². The number of nitrogens with one attached hydrogen (secondary N) is 2. The third kappa shape index (κ3) is 6.88.